The van der Waals surface area contributed by atoms with Crippen LogP contribution >= 0.6 is 0 Å². The van der Waals surface area contributed by atoms with Crippen molar-refractivity contribution in [2.45, 2.75) is 39.7 Å². The summed E-state index contributed by atoms with van der Waals surface area (Å²) in [5, 5.41) is 10.9. The molecule has 0 saturated heterocycles. The molecule has 1 heteroatoms. The van der Waals surface area contributed by atoms with E-state index in [1.807, 2.05) is 19.1 Å². The molecule has 0 aromatic heterocycles. The van der Waals surface area contributed by atoms with Gasteiger partial charge in [0.2, 0.25) is 0 Å². The van der Waals surface area contributed by atoms with Gasteiger partial charge in [-0.15, -0.1) is 0 Å². The van der Waals surface area contributed by atoms with E-state index < -0.39 is 5.60 Å². The van der Waals surface area contributed by atoms with E-state index in [0.29, 0.717) is 0 Å². The Kier molecular flexibility index (Phi) is 3.77. The number of rotatable bonds is 3. The van der Waals surface area contributed by atoms with Crippen LogP contribution in [-0.2, 0) is 12.0 Å². The maximum Gasteiger partial charge on any atom is 0.112 e. The zero-order valence-corrected chi connectivity index (χ0v) is 12.2. The maximum atomic E-state index is 10.9. The molecule has 0 fully saturated rings. The summed E-state index contributed by atoms with van der Waals surface area (Å²) in [6, 6.07) is 14.5. The highest BCUT2D eigenvalue weighted by Gasteiger charge is 2.25. The van der Waals surface area contributed by atoms with Crippen molar-refractivity contribution in [3.63, 3.8) is 0 Å². The summed E-state index contributed by atoms with van der Waals surface area (Å²) in [7, 11) is 0. The minimum atomic E-state index is -0.941. The first-order valence-corrected chi connectivity index (χ1v) is 6.84. The normalized spacial score (nSPS) is 14.2. The molecule has 100 valence electrons. The number of aliphatic hydroxyl groups is 1. The summed E-state index contributed by atoms with van der Waals surface area (Å²) in [5.74, 6) is 0. The number of hydrogen-bond donors (Lipinski definition) is 1. The fourth-order valence-corrected chi connectivity index (χ4v) is 2.49. The van der Waals surface area contributed by atoms with Gasteiger partial charge in [-0.05, 0) is 43.9 Å². The van der Waals surface area contributed by atoms with Crippen LogP contribution in [-0.4, -0.2) is 5.11 Å². The van der Waals surface area contributed by atoms with Crippen LogP contribution in [0.5, 0.6) is 0 Å². The number of benzene rings is 2. The third-order valence-electron chi connectivity index (χ3n) is 3.71. The molecular weight excluding hydrogens is 232 g/mol. The molecule has 0 heterocycles. The molecule has 0 spiro atoms. The SMILES string of the molecule is CCc1ccc(C(C)(O)c2cc(C)cc(C)c2)cc1. The van der Waals surface area contributed by atoms with Crippen LogP contribution in [0.2, 0.25) is 0 Å². The molecule has 0 radical (unpaired) electrons. The highest BCUT2D eigenvalue weighted by molar-refractivity contribution is 5.40. The van der Waals surface area contributed by atoms with Gasteiger partial charge < -0.3 is 5.11 Å². The monoisotopic (exact) mass is 254 g/mol. The van der Waals surface area contributed by atoms with Crippen molar-refractivity contribution >= 4 is 0 Å². The van der Waals surface area contributed by atoms with E-state index >= 15 is 0 Å². The second kappa shape index (κ2) is 5.18. The molecule has 0 bridgehead atoms. The van der Waals surface area contributed by atoms with Crippen molar-refractivity contribution in [3.8, 4) is 0 Å². The van der Waals surface area contributed by atoms with E-state index in [9.17, 15) is 5.11 Å². The Morgan fingerprint density at radius 1 is 0.895 bits per heavy atom. The molecule has 0 saturated carbocycles. The second-order valence-electron chi connectivity index (χ2n) is 5.50. The standard InChI is InChI=1S/C18H22O/c1-5-15-6-8-16(9-7-15)18(4,19)17-11-13(2)10-14(3)12-17/h6-12,19H,5H2,1-4H3. The number of aryl methyl sites for hydroxylation is 3. The van der Waals surface area contributed by atoms with Crippen molar-refractivity contribution in [2.24, 2.45) is 0 Å². The van der Waals surface area contributed by atoms with E-state index in [1.54, 1.807) is 0 Å². The molecule has 2 aromatic carbocycles. The Morgan fingerprint density at radius 2 is 1.42 bits per heavy atom. The van der Waals surface area contributed by atoms with Crippen LogP contribution in [0.3, 0.4) is 0 Å². The van der Waals surface area contributed by atoms with E-state index in [0.717, 1.165) is 17.5 Å². The summed E-state index contributed by atoms with van der Waals surface area (Å²) in [6.07, 6.45) is 1.02. The van der Waals surface area contributed by atoms with E-state index in [-0.39, 0.29) is 0 Å². The van der Waals surface area contributed by atoms with E-state index in [1.165, 1.54) is 16.7 Å². The Hall–Kier alpha value is -1.60. The van der Waals surface area contributed by atoms with Gasteiger partial charge in [-0.2, -0.15) is 0 Å². The minimum Gasteiger partial charge on any atom is -0.381 e. The van der Waals surface area contributed by atoms with Crippen LogP contribution in [0.1, 0.15) is 41.7 Å². The van der Waals surface area contributed by atoms with Crippen LogP contribution in [0, 0.1) is 13.8 Å². The van der Waals surface area contributed by atoms with Crippen LogP contribution < -0.4 is 0 Å². The Morgan fingerprint density at radius 3 is 1.89 bits per heavy atom. The zero-order valence-electron chi connectivity index (χ0n) is 12.2. The lowest BCUT2D eigenvalue weighted by molar-refractivity contribution is 0.102. The lowest BCUT2D eigenvalue weighted by atomic mass is 9.86. The molecule has 1 atom stereocenters. The van der Waals surface area contributed by atoms with Crippen LogP contribution in [0.4, 0.5) is 0 Å². The lowest BCUT2D eigenvalue weighted by Crippen LogP contribution is -2.23. The summed E-state index contributed by atoms with van der Waals surface area (Å²) < 4.78 is 0. The van der Waals surface area contributed by atoms with Gasteiger partial charge in [-0.3, -0.25) is 0 Å². The second-order valence-corrected chi connectivity index (χ2v) is 5.50. The van der Waals surface area contributed by atoms with Gasteiger partial charge in [0.25, 0.3) is 0 Å². The molecule has 2 rings (SSSR count). The van der Waals surface area contributed by atoms with Gasteiger partial charge in [0.05, 0.1) is 0 Å². The minimum absolute atomic E-state index is 0.940. The van der Waals surface area contributed by atoms with Gasteiger partial charge in [-0.25, -0.2) is 0 Å². The molecular formula is C18H22O. The first-order valence-electron chi connectivity index (χ1n) is 6.84. The maximum absolute atomic E-state index is 10.9. The van der Waals surface area contributed by atoms with Crippen LogP contribution in [0.15, 0.2) is 42.5 Å². The summed E-state index contributed by atoms with van der Waals surface area (Å²) >= 11 is 0. The summed E-state index contributed by atoms with van der Waals surface area (Å²) in [5.41, 5.74) is 4.60. The topological polar surface area (TPSA) is 20.2 Å². The van der Waals surface area contributed by atoms with Crippen molar-refractivity contribution in [1.82, 2.24) is 0 Å². The van der Waals surface area contributed by atoms with E-state index in [4.69, 9.17) is 0 Å². The Bertz CT molecular complexity index is 544. The van der Waals surface area contributed by atoms with Gasteiger partial charge >= 0.3 is 0 Å². The molecule has 19 heavy (non-hydrogen) atoms. The summed E-state index contributed by atoms with van der Waals surface area (Å²) in [6.45, 7) is 8.12. The smallest absolute Gasteiger partial charge is 0.112 e. The van der Waals surface area contributed by atoms with E-state index in [2.05, 4.69) is 51.1 Å². The van der Waals surface area contributed by atoms with Gasteiger partial charge in [-0.1, -0.05) is 60.5 Å². The average Bonchev–Trinajstić information content (AvgIpc) is 2.37. The highest BCUT2D eigenvalue weighted by atomic mass is 16.3. The predicted octanol–water partition coefficient (Wildman–Crippen LogP) is 4.12. The predicted molar refractivity (Wildman–Crippen MR) is 80.4 cm³/mol. The molecule has 0 aliphatic rings. The van der Waals surface area contributed by atoms with Crippen molar-refractivity contribution in [3.05, 3.63) is 70.3 Å². The van der Waals surface area contributed by atoms with Crippen molar-refractivity contribution in [2.75, 3.05) is 0 Å². The van der Waals surface area contributed by atoms with Gasteiger partial charge in [0.1, 0.15) is 5.60 Å². The molecule has 2 aromatic rings. The lowest BCUT2D eigenvalue weighted by Gasteiger charge is -2.25. The molecule has 1 N–H and O–H groups in total. The van der Waals surface area contributed by atoms with Gasteiger partial charge in [0.15, 0.2) is 0 Å². The third kappa shape index (κ3) is 2.87. The van der Waals surface area contributed by atoms with Crippen molar-refractivity contribution < 1.29 is 5.11 Å². The van der Waals surface area contributed by atoms with Crippen LogP contribution in [0.25, 0.3) is 0 Å². The number of hydrogen-bond acceptors (Lipinski definition) is 1. The first kappa shape index (κ1) is 13.8. The Balaban J connectivity index is 2.44. The molecule has 0 amide bonds. The molecule has 1 nitrogen and oxygen atoms in total. The highest BCUT2D eigenvalue weighted by Crippen LogP contribution is 2.30. The fraction of sp³-hybridized carbons (Fsp3) is 0.333. The third-order valence-corrected chi connectivity index (χ3v) is 3.71. The fourth-order valence-electron chi connectivity index (χ4n) is 2.49. The molecule has 0 aliphatic carbocycles. The summed E-state index contributed by atoms with van der Waals surface area (Å²) in [4.78, 5) is 0. The zero-order chi connectivity index (χ0) is 14.0. The molecule has 1 unspecified atom stereocenters. The quantitative estimate of drug-likeness (QED) is 0.873. The van der Waals surface area contributed by atoms with Gasteiger partial charge in [0, 0.05) is 0 Å². The largest absolute Gasteiger partial charge is 0.381 e. The average molecular weight is 254 g/mol. The molecule has 0 aliphatic heterocycles. The Labute approximate surface area is 115 Å². The first-order chi connectivity index (χ1) is 8.93. The van der Waals surface area contributed by atoms with Crippen molar-refractivity contribution in [1.29, 1.82) is 0 Å².